The topological polar surface area (TPSA) is 183 Å². The van der Waals surface area contributed by atoms with E-state index in [-0.39, 0.29) is 0 Å². The second kappa shape index (κ2) is 29.8. The number of aromatic nitrogens is 10. The molecule has 126 heavy (non-hydrogen) atoms. The lowest BCUT2D eigenvalue weighted by molar-refractivity contribution is 1.18. The number of aliphatic imine (C=N–C) groups is 2. The highest BCUT2D eigenvalue weighted by Gasteiger charge is 2.36. The van der Waals surface area contributed by atoms with E-state index in [1.807, 2.05) is 0 Å². The summed E-state index contributed by atoms with van der Waals surface area (Å²) in [5.74, 6) is 0. The monoisotopic (exact) mass is 1670 g/mol. The van der Waals surface area contributed by atoms with Gasteiger partial charge in [-0.2, -0.15) is 0 Å². The highest BCUT2D eigenvalue weighted by Crippen LogP contribution is 2.51. The number of H-pyrrole nitrogens is 10. The Morgan fingerprint density at radius 1 is 0.183 bits per heavy atom. The van der Waals surface area contributed by atoms with E-state index >= 15 is 0 Å². The van der Waals surface area contributed by atoms with Crippen LogP contribution in [-0.2, 0) is 0 Å². The van der Waals surface area contributed by atoms with Crippen LogP contribution in [0.1, 0.15) is 293 Å². The second-order valence-electron chi connectivity index (χ2n) is 39.0. The second-order valence-corrected chi connectivity index (χ2v) is 39.0. The van der Waals surface area contributed by atoms with E-state index in [2.05, 4.69) is 324 Å². The van der Waals surface area contributed by atoms with E-state index in [0.717, 1.165) is 59.2 Å². The lowest BCUT2D eigenvalue weighted by Gasteiger charge is -2.08. The van der Waals surface area contributed by atoms with Gasteiger partial charge in [-0.05, 0) is 506 Å². The minimum atomic E-state index is 0.853. The predicted octanol–water partition coefficient (Wildman–Crippen LogP) is 27.5. The summed E-state index contributed by atoms with van der Waals surface area (Å²) in [5, 5.41) is 4.74. The fourth-order valence-corrected chi connectivity index (χ4v) is 22.2. The molecule has 646 valence electrons. The van der Waals surface area contributed by atoms with E-state index in [1.54, 1.807) is 0 Å². The Labute approximate surface area is 744 Å². The molecular weight excluding hydrogens is 1540 g/mol. The number of hydrogen-bond donors (Lipinski definition) is 10. The Morgan fingerprint density at radius 2 is 0.429 bits per heavy atom. The van der Waals surface area contributed by atoms with Gasteiger partial charge >= 0.3 is 0 Å². The fourth-order valence-electron chi connectivity index (χ4n) is 22.2. The van der Waals surface area contributed by atoms with Crippen LogP contribution < -0.4 is 21.4 Å². The van der Waals surface area contributed by atoms with Gasteiger partial charge in [0, 0.05) is 116 Å². The molecule has 20 rings (SSSR count). The Balaban J connectivity index is 0.000000146. The van der Waals surface area contributed by atoms with E-state index < -0.39 is 0 Å². The number of allylic oxidation sites excluding steroid dienone is 20. The van der Waals surface area contributed by atoms with Crippen LogP contribution in [0, 0.1) is 138 Å². The Morgan fingerprint density at radius 3 is 0.714 bits per heavy atom. The standard InChI is InChI=1S/C57H64N6.C38H42N4.C19H24N2/c1-22-23(2)41-19-40(22)46-28(7)34(13)52(58-46)53-36(15)30(9)48(60-53)42-20-44(25(4)24(42)3)50-32(11)38(17)56(62-50)57-39(18)33(12)51(63-57)45-21-43(26(5)27(45)6)49-31(10)37(16)55(61-49)54-35(14)29(8)47(41)59-54;1-15-16(2)28-13-27(15)31-19(5)23(9)35(39-31)36-25(11)21(7)33(41-36)29-14-30(18(4)17(29)3)34-22(8)26(12)38(42-34)37-24(10)20(6)32(28)40-37;1-10-8-20-18(12(10)3)16-7-17(15(6)14(16)5)19-13(4)11(2)9-21-19/h58-59,62-63H,19-21H2,1-18H3;13-14,39-42H,1-12H3;8-9,20-21H,7H2,1-6H3. The summed E-state index contributed by atoms with van der Waals surface area (Å²) in [6.07, 6.45) is 7.81. The van der Waals surface area contributed by atoms with Crippen molar-refractivity contribution in [2.45, 2.75) is 275 Å². The molecule has 30 bridgehead atoms. The van der Waals surface area contributed by atoms with Gasteiger partial charge in [-0.3, -0.25) is 0 Å². The van der Waals surface area contributed by atoms with Crippen LogP contribution in [0.15, 0.2) is 113 Å². The zero-order chi connectivity index (χ0) is 90.6. The number of nitrogens with one attached hydrogen (secondary N) is 10. The number of aryl methyl sites for hydroxylation is 10. The molecule has 14 heterocycles. The lowest BCUT2D eigenvalue weighted by atomic mass is 9.96. The zero-order valence-corrected chi connectivity index (χ0v) is 82.0. The van der Waals surface area contributed by atoms with Gasteiger partial charge in [-0.25, -0.2) is 9.98 Å². The van der Waals surface area contributed by atoms with Crippen LogP contribution in [0.2, 0.25) is 0 Å². The maximum Gasteiger partial charge on any atom is 0.0907 e. The predicted molar refractivity (Wildman–Crippen MR) is 540 cm³/mol. The molecule has 0 saturated heterocycles. The smallest absolute Gasteiger partial charge is 0.0907 e. The normalized spacial score (nSPS) is 16.8. The van der Waals surface area contributed by atoms with Crippen molar-refractivity contribution in [2.24, 2.45) is 9.98 Å². The molecule has 12 heteroatoms. The average Bonchev–Trinajstić information content (AvgIpc) is 1.55. The number of rotatable bonds is 2. The number of aromatic amines is 10. The van der Waals surface area contributed by atoms with Crippen molar-refractivity contribution in [1.29, 1.82) is 0 Å². The Kier molecular flexibility index (Phi) is 20.1. The molecule has 11 aromatic rings. The van der Waals surface area contributed by atoms with E-state index in [9.17, 15) is 0 Å². The average molecular weight is 1670 g/mol. The summed E-state index contributed by atoms with van der Waals surface area (Å²) < 4.78 is 0. The van der Waals surface area contributed by atoms with E-state index in [4.69, 9.17) is 9.98 Å². The van der Waals surface area contributed by atoms with Crippen LogP contribution in [-0.4, -0.2) is 61.3 Å². The molecule has 0 radical (unpaired) electrons. The van der Waals surface area contributed by atoms with Gasteiger partial charge in [0.05, 0.1) is 67.0 Å². The molecule has 0 atom stereocenters. The first kappa shape index (κ1) is 84.8. The third-order valence-electron chi connectivity index (χ3n) is 33.6. The van der Waals surface area contributed by atoms with Crippen molar-refractivity contribution >= 4 is 123 Å². The molecule has 0 amide bonds. The van der Waals surface area contributed by atoms with Crippen molar-refractivity contribution in [2.75, 3.05) is 0 Å². The van der Waals surface area contributed by atoms with Gasteiger partial charge < -0.3 is 49.8 Å². The molecule has 0 spiro atoms. The first-order valence-electron chi connectivity index (χ1n) is 45.8. The summed E-state index contributed by atoms with van der Waals surface area (Å²) >= 11 is 0. The molecule has 9 aliphatic rings. The molecule has 0 fully saturated rings. The molecule has 12 nitrogen and oxygen atoms in total. The first-order chi connectivity index (χ1) is 59.5. The van der Waals surface area contributed by atoms with Gasteiger partial charge in [-0.15, -0.1) is 0 Å². The van der Waals surface area contributed by atoms with E-state index in [1.165, 1.54) is 356 Å². The Hall–Kier alpha value is -12.0. The van der Waals surface area contributed by atoms with Crippen molar-refractivity contribution in [3.05, 3.63) is 280 Å². The summed E-state index contributed by atoms with van der Waals surface area (Å²) in [5.41, 5.74) is 85.2. The molecule has 0 unspecified atom stereocenters. The largest absolute Gasteiger partial charge is 0.361 e. The van der Waals surface area contributed by atoms with Crippen LogP contribution in [0.5, 0.6) is 0 Å². The maximum atomic E-state index is 5.57. The molecule has 3 aliphatic heterocycles. The highest BCUT2D eigenvalue weighted by molar-refractivity contribution is 6.22. The minimum absolute atomic E-state index is 0.853. The van der Waals surface area contributed by atoms with Gasteiger partial charge in [0.15, 0.2) is 0 Å². The van der Waals surface area contributed by atoms with Gasteiger partial charge in [-0.1, -0.05) is 0 Å². The summed E-state index contributed by atoms with van der Waals surface area (Å²) in [6.45, 7) is 81.5. The number of nitrogens with zero attached hydrogens (tertiary/aromatic N) is 2. The quantitative estimate of drug-likeness (QED) is 0.0792. The zero-order valence-electron chi connectivity index (χ0n) is 82.0. The lowest BCUT2D eigenvalue weighted by Crippen LogP contribution is -2.18. The Bertz CT molecular complexity index is 7290. The third-order valence-corrected chi connectivity index (χ3v) is 33.6. The van der Waals surface area contributed by atoms with Crippen LogP contribution in [0.4, 0.5) is 0 Å². The van der Waals surface area contributed by atoms with Gasteiger partial charge in [0.1, 0.15) is 0 Å². The number of hydrogen-bond acceptors (Lipinski definition) is 2. The third kappa shape index (κ3) is 12.1. The van der Waals surface area contributed by atoms with Gasteiger partial charge in [0.2, 0.25) is 0 Å². The fraction of sp³-hybridized carbons (Fsp3) is 0.351. The first-order valence-corrected chi connectivity index (χ1v) is 45.8. The summed E-state index contributed by atoms with van der Waals surface area (Å²) in [7, 11) is 0. The van der Waals surface area contributed by atoms with Gasteiger partial charge in [0.25, 0.3) is 0 Å². The molecule has 6 aliphatic carbocycles. The molecule has 11 aromatic heterocycles. The minimum Gasteiger partial charge on any atom is -0.361 e. The highest BCUT2D eigenvalue weighted by atomic mass is 14.9. The van der Waals surface area contributed by atoms with Crippen molar-refractivity contribution in [1.82, 2.24) is 49.8 Å². The molecular formula is C114H130N12. The van der Waals surface area contributed by atoms with E-state index in [0.29, 0.717) is 0 Å². The SMILES string of the molecule is CC1=C(C)C2=c3[nH]c(c(C)c3C)=C3CC(=c4[nH]c(c(C)c4C)=C4N=C(C(C)=C4C)C4=C(C)C(C)=C(C4)c4[nH]c(c(C)c4C)-c4[nH]c(c(C)c4C)C4=C(C)C(C)=C(C4)C1=N2)C(C)=C3C.CC1=C(C)c2cc1c1[nH]c(c(C)c1C)c1[nH]c(c3cc(c4[nH]c(c(C)c4C)c4[nH]c2c(C)c4C)C(C)=C3C)c(C)c1C.CC1=C(c2[nH]cc(C)c2C)CC(c2[nH]cc(C)c2C)=C1C. The number of fused-ring (bicyclic) bond motifs is 39. The van der Waals surface area contributed by atoms with Crippen molar-refractivity contribution in [3.63, 3.8) is 0 Å². The van der Waals surface area contributed by atoms with Crippen molar-refractivity contribution < 1.29 is 0 Å². The molecule has 0 saturated carbocycles. The van der Waals surface area contributed by atoms with Crippen LogP contribution >= 0.6 is 0 Å². The van der Waals surface area contributed by atoms with Crippen LogP contribution in [0.25, 0.3) is 123 Å². The molecule has 0 aromatic carbocycles. The summed E-state index contributed by atoms with van der Waals surface area (Å²) in [4.78, 5) is 49.7. The van der Waals surface area contributed by atoms with Crippen molar-refractivity contribution in [3.8, 4) is 11.4 Å². The maximum absolute atomic E-state index is 5.57. The van der Waals surface area contributed by atoms with Crippen LogP contribution in [0.3, 0.4) is 0 Å². The summed E-state index contributed by atoms with van der Waals surface area (Å²) in [6, 6.07) is 4.79. The molecule has 10 N–H and O–H groups in total.